The number of carbonyl (C=O) groups is 2. The SMILES string of the molecule is CCOc1cccn2c(C(=O)N3CCC(C(=O)O)CC3)c(CC)nc12. The lowest BCUT2D eigenvalue weighted by Crippen LogP contribution is -2.41. The first kappa shape index (κ1) is 17.3. The summed E-state index contributed by atoms with van der Waals surface area (Å²) in [4.78, 5) is 30.5. The van der Waals surface area contributed by atoms with Crippen molar-refractivity contribution in [3.63, 3.8) is 0 Å². The van der Waals surface area contributed by atoms with Gasteiger partial charge >= 0.3 is 5.97 Å². The number of carboxylic acid groups (broad SMARTS) is 1. The Morgan fingerprint density at radius 3 is 2.64 bits per heavy atom. The first-order valence-electron chi connectivity index (χ1n) is 8.71. The van der Waals surface area contributed by atoms with Crippen LogP contribution in [0.4, 0.5) is 0 Å². The van der Waals surface area contributed by atoms with E-state index in [1.54, 1.807) is 9.30 Å². The summed E-state index contributed by atoms with van der Waals surface area (Å²) in [5.41, 5.74) is 1.93. The van der Waals surface area contributed by atoms with Crippen LogP contribution >= 0.6 is 0 Å². The zero-order valence-corrected chi connectivity index (χ0v) is 14.6. The molecule has 0 aliphatic carbocycles. The molecule has 134 valence electrons. The maximum Gasteiger partial charge on any atom is 0.306 e. The van der Waals surface area contributed by atoms with Crippen molar-refractivity contribution in [1.29, 1.82) is 0 Å². The van der Waals surface area contributed by atoms with E-state index >= 15 is 0 Å². The van der Waals surface area contributed by atoms with Crippen molar-refractivity contribution in [1.82, 2.24) is 14.3 Å². The van der Waals surface area contributed by atoms with E-state index in [9.17, 15) is 9.59 Å². The van der Waals surface area contributed by atoms with E-state index in [1.807, 2.05) is 32.2 Å². The van der Waals surface area contributed by atoms with Crippen molar-refractivity contribution in [2.45, 2.75) is 33.1 Å². The van der Waals surface area contributed by atoms with Gasteiger partial charge in [0.1, 0.15) is 5.69 Å². The molecule has 7 nitrogen and oxygen atoms in total. The van der Waals surface area contributed by atoms with Crippen LogP contribution in [0.5, 0.6) is 5.75 Å². The summed E-state index contributed by atoms with van der Waals surface area (Å²) >= 11 is 0. The van der Waals surface area contributed by atoms with E-state index in [2.05, 4.69) is 4.98 Å². The highest BCUT2D eigenvalue weighted by atomic mass is 16.5. The minimum atomic E-state index is -0.780. The molecular weight excluding hydrogens is 322 g/mol. The van der Waals surface area contributed by atoms with Gasteiger partial charge in [0, 0.05) is 19.3 Å². The Kier molecular flexibility index (Phi) is 4.92. The Morgan fingerprint density at radius 1 is 1.32 bits per heavy atom. The fourth-order valence-corrected chi connectivity index (χ4v) is 3.31. The molecule has 0 atom stereocenters. The third kappa shape index (κ3) is 3.18. The third-order valence-corrected chi connectivity index (χ3v) is 4.66. The Hall–Kier alpha value is -2.57. The number of ether oxygens (including phenoxy) is 1. The Balaban J connectivity index is 1.93. The summed E-state index contributed by atoms with van der Waals surface area (Å²) in [5, 5.41) is 9.12. The number of hydrogen-bond donors (Lipinski definition) is 1. The highest BCUT2D eigenvalue weighted by Crippen LogP contribution is 2.25. The largest absolute Gasteiger partial charge is 0.490 e. The van der Waals surface area contributed by atoms with Gasteiger partial charge in [0.15, 0.2) is 11.4 Å². The van der Waals surface area contributed by atoms with Crippen LogP contribution in [0.1, 0.15) is 42.9 Å². The van der Waals surface area contributed by atoms with Crippen LogP contribution in [-0.2, 0) is 11.2 Å². The van der Waals surface area contributed by atoms with Crippen molar-refractivity contribution in [2.24, 2.45) is 5.92 Å². The highest BCUT2D eigenvalue weighted by molar-refractivity contribution is 5.95. The normalized spacial score (nSPS) is 15.5. The molecule has 0 unspecified atom stereocenters. The monoisotopic (exact) mass is 345 g/mol. The standard InChI is InChI=1S/C18H23N3O4/c1-3-13-15(17(22)20-10-7-12(8-11-20)18(23)24)21-9-5-6-14(25-4-2)16(21)19-13/h5-6,9,12H,3-4,7-8,10-11H2,1-2H3,(H,23,24). The number of aliphatic carboxylic acids is 1. The topological polar surface area (TPSA) is 84.1 Å². The summed E-state index contributed by atoms with van der Waals surface area (Å²) in [6.07, 6.45) is 3.44. The van der Waals surface area contributed by atoms with Crippen LogP contribution in [0.2, 0.25) is 0 Å². The predicted molar refractivity (Wildman–Crippen MR) is 92.0 cm³/mol. The number of amides is 1. The molecule has 2 aromatic rings. The molecule has 3 heterocycles. The molecule has 0 bridgehead atoms. The number of fused-ring (bicyclic) bond motifs is 1. The molecule has 1 fully saturated rings. The number of rotatable bonds is 5. The fourth-order valence-electron chi connectivity index (χ4n) is 3.31. The van der Waals surface area contributed by atoms with E-state index in [0.717, 1.165) is 5.69 Å². The summed E-state index contributed by atoms with van der Waals surface area (Å²) in [6, 6.07) is 3.68. The van der Waals surface area contributed by atoms with Gasteiger partial charge in [-0.15, -0.1) is 0 Å². The number of pyridine rings is 1. The average Bonchev–Trinajstić information content (AvgIpc) is 3.01. The minimum absolute atomic E-state index is 0.0955. The summed E-state index contributed by atoms with van der Waals surface area (Å²) in [5.74, 6) is -0.580. The lowest BCUT2D eigenvalue weighted by molar-refractivity contribution is -0.143. The van der Waals surface area contributed by atoms with Gasteiger partial charge in [-0.25, -0.2) is 4.98 Å². The van der Waals surface area contributed by atoms with Crippen LogP contribution < -0.4 is 4.74 Å². The maximum atomic E-state index is 13.1. The van der Waals surface area contributed by atoms with Gasteiger partial charge in [-0.3, -0.25) is 14.0 Å². The number of aromatic nitrogens is 2. The van der Waals surface area contributed by atoms with Gasteiger partial charge in [0.2, 0.25) is 0 Å². The second kappa shape index (κ2) is 7.13. The van der Waals surface area contributed by atoms with Crippen molar-refractivity contribution in [3.05, 3.63) is 29.7 Å². The molecule has 0 radical (unpaired) electrons. The second-order valence-corrected chi connectivity index (χ2v) is 6.16. The maximum absolute atomic E-state index is 13.1. The third-order valence-electron chi connectivity index (χ3n) is 4.66. The van der Waals surface area contributed by atoms with Crippen molar-refractivity contribution < 1.29 is 19.4 Å². The van der Waals surface area contributed by atoms with Crippen LogP contribution in [0.3, 0.4) is 0 Å². The highest BCUT2D eigenvalue weighted by Gasteiger charge is 2.30. The van der Waals surface area contributed by atoms with Crippen molar-refractivity contribution >= 4 is 17.5 Å². The number of imidazole rings is 1. The number of hydrogen-bond acceptors (Lipinski definition) is 4. The van der Waals surface area contributed by atoms with Gasteiger partial charge in [0.25, 0.3) is 5.91 Å². The summed E-state index contributed by atoms with van der Waals surface area (Å²) < 4.78 is 7.41. The van der Waals surface area contributed by atoms with E-state index in [0.29, 0.717) is 56.0 Å². The number of carboxylic acids is 1. The van der Waals surface area contributed by atoms with Crippen LogP contribution in [-0.4, -0.2) is 51.0 Å². The number of aryl methyl sites for hydroxylation is 1. The molecule has 1 amide bonds. The smallest absolute Gasteiger partial charge is 0.306 e. The molecule has 7 heteroatoms. The number of carbonyl (C=O) groups excluding carboxylic acids is 1. The van der Waals surface area contributed by atoms with Gasteiger partial charge in [-0.05, 0) is 38.3 Å². The lowest BCUT2D eigenvalue weighted by atomic mass is 9.97. The van der Waals surface area contributed by atoms with Crippen LogP contribution in [0.25, 0.3) is 5.65 Å². The van der Waals surface area contributed by atoms with Gasteiger partial charge in [0.05, 0.1) is 18.2 Å². The number of piperidine rings is 1. The second-order valence-electron chi connectivity index (χ2n) is 6.16. The van der Waals surface area contributed by atoms with Gasteiger partial charge < -0.3 is 14.7 Å². The minimum Gasteiger partial charge on any atom is -0.490 e. The molecule has 1 aliphatic rings. The zero-order valence-electron chi connectivity index (χ0n) is 14.6. The molecule has 1 saturated heterocycles. The predicted octanol–water partition coefficient (Wildman–Crippen LogP) is 2.23. The van der Waals surface area contributed by atoms with Crippen molar-refractivity contribution in [3.8, 4) is 5.75 Å². The summed E-state index contributed by atoms with van der Waals surface area (Å²) in [7, 11) is 0. The number of likely N-dealkylation sites (tertiary alicyclic amines) is 1. The van der Waals surface area contributed by atoms with E-state index in [4.69, 9.17) is 9.84 Å². The average molecular weight is 345 g/mol. The lowest BCUT2D eigenvalue weighted by Gasteiger charge is -2.30. The first-order chi connectivity index (χ1) is 12.1. The van der Waals surface area contributed by atoms with Gasteiger partial charge in [-0.2, -0.15) is 0 Å². The molecule has 0 spiro atoms. The van der Waals surface area contributed by atoms with E-state index < -0.39 is 5.97 Å². The quantitative estimate of drug-likeness (QED) is 0.898. The molecule has 2 aromatic heterocycles. The Labute approximate surface area is 146 Å². The molecule has 0 saturated carbocycles. The molecule has 25 heavy (non-hydrogen) atoms. The molecular formula is C18H23N3O4. The number of nitrogens with zero attached hydrogens (tertiary/aromatic N) is 3. The Morgan fingerprint density at radius 2 is 2.04 bits per heavy atom. The van der Waals surface area contributed by atoms with Gasteiger partial charge in [-0.1, -0.05) is 6.92 Å². The molecule has 1 N–H and O–H groups in total. The summed E-state index contributed by atoms with van der Waals surface area (Å²) in [6.45, 7) is 5.32. The molecule has 1 aliphatic heterocycles. The zero-order chi connectivity index (χ0) is 18.0. The van der Waals surface area contributed by atoms with Crippen molar-refractivity contribution in [2.75, 3.05) is 19.7 Å². The van der Waals surface area contributed by atoms with Crippen LogP contribution in [0, 0.1) is 5.92 Å². The first-order valence-corrected chi connectivity index (χ1v) is 8.71. The van der Waals surface area contributed by atoms with Crippen LogP contribution in [0.15, 0.2) is 18.3 Å². The van der Waals surface area contributed by atoms with E-state index in [1.165, 1.54) is 0 Å². The van der Waals surface area contributed by atoms with E-state index in [-0.39, 0.29) is 11.8 Å². The molecule has 0 aromatic carbocycles. The molecule has 3 rings (SSSR count). The Bertz CT molecular complexity index is 791. The fraction of sp³-hybridized carbons (Fsp3) is 0.500.